The topological polar surface area (TPSA) is 26.0 Å². The van der Waals surface area contributed by atoms with Crippen LogP contribution in [0, 0.1) is 17.8 Å². The van der Waals surface area contributed by atoms with Crippen molar-refractivity contribution in [1.82, 2.24) is 0 Å². The van der Waals surface area contributed by atoms with Crippen LogP contribution in [0.25, 0.3) is 0 Å². The molecular formula is C18H31N. The van der Waals surface area contributed by atoms with Crippen molar-refractivity contribution in [1.29, 1.82) is 0 Å². The predicted molar refractivity (Wildman–Crippen MR) is 86.2 cm³/mol. The molecule has 0 aromatic heterocycles. The number of anilines is 1. The first kappa shape index (κ1) is 16.1. The Morgan fingerprint density at radius 1 is 0.895 bits per heavy atom. The summed E-state index contributed by atoms with van der Waals surface area (Å²) in [7, 11) is 0. The number of hydrogen-bond acceptors (Lipinski definition) is 1. The molecule has 0 amide bonds. The van der Waals surface area contributed by atoms with Gasteiger partial charge in [0.15, 0.2) is 0 Å². The van der Waals surface area contributed by atoms with E-state index in [1.54, 1.807) is 0 Å². The van der Waals surface area contributed by atoms with Gasteiger partial charge >= 0.3 is 0 Å². The molecule has 0 heterocycles. The van der Waals surface area contributed by atoms with Crippen LogP contribution in [0.5, 0.6) is 0 Å². The highest BCUT2D eigenvalue weighted by Crippen LogP contribution is 2.22. The molecule has 2 N–H and O–H groups in total. The minimum atomic E-state index is 0.767. The van der Waals surface area contributed by atoms with Crippen LogP contribution in [0.15, 0.2) is 24.3 Å². The molecule has 1 heteroatoms. The number of nitrogens with two attached hydrogens (primary N) is 1. The molecule has 0 spiro atoms. The van der Waals surface area contributed by atoms with Crippen LogP contribution in [-0.2, 0) is 6.42 Å². The van der Waals surface area contributed by atoms with Crippen LogP contribution in [0.2, 0.25) is 0 Å². The molecule has 1 nitrogen and oxygen atoms in total. The van der Waals surface area contributed by atoms with E-state index in [2.05, 4.69) is 39.8 Å². The van der Waals surface area contributed by atoms with E-state index < -0.39 is 0 Å². The van der Waals surface area contributed by atoms with E-state index in [0.717, 1.165) is 23.4 Å². The molecular weight excluding hydrogens is 230 g/mol. The minimum absolute atomic E-state index is 0.767. The first-order valence-corrected chi connectivity index (χ1v) is 7.85. The summed E-state index contributed by atoms with van der Waals surface area (Å²) in [6, 6.07) is 8.34. The average Bonchev–Trinajstić information content (AvgIpc) is 2.39. The lowest BCUT2D eigenvalue weighted by Crippen LogP contribution is -2.06. The van der Waals surface area contributed by atoms with E-state index in [0.29, 0.717) is 0 Å². The number of nitrogen functional groups attached to an aromatic ring is 1. The standard InChI is InChI=1S/C18H31N/c1-5-14(2)12-15(3)6-7-16(4)13-17-8-10-18(19)11-9-17/h8-11,14-16H,5-7,12-13,19H2,1-4H3. The third-order valence-electron chi connectivity index (χ3n) is 4.22. The lowest BCUT2D eigenvalue weighted by Gasteiger charge is -2.18. The van der Waals surface area contributed by atoms with Crippen molar-refractivity contribution >= 4 is 5.69 Å². The quantitative estimate of drug-likeness (QED) is 0.631. The largest absolute Gasteiger partial charge is 0.399 e. The second-order valence-electron chi connectivity index (χ2n) is 6.48. The molecule has 0 bridgehead atoms. The van der Waals surface area contributed by atoms with Crippen molar-refractivity contribution < 1.29 is 0 Å². The van der Waals surface area contributed by atoms with Crippen molar-refractivity contribution in [3.05, 3.63) is 29.8 Å². The summed E-state index contributed by atoms with van der Waals surface area (Å²) >= 11 is 0. The number of hydrogen-bond donors (Lipinski definition) is 1. The zero-order valence-electron chi connectivity index (χ0n) is 13.2. The Morgan fingerprint density at radius 3 is 2.05 bits per heavy atom. The van der Waals surface area contributed by atoms with Crippen molar-refractivity contribution in [2.45, 2.75) is 59.8 Å². The van der Waals surface area contributed by atoms with E-state index >= 15 is 0 Å². The van der Waals surface area contributed by atoms with Crippen LogP contribution >= 0.6 is 0 Å². The summed E-state index contributed by atoms with van der Waals surface area (Å²) in [6.07, 6.45) is 6.56. The van der Waals surface area contributed by atoms with Gasteiger partial charge in [-0.15, -0.1) is 0 Å². The zero-order chi connectivity index (χ0) is 14.3. The highest BCUT2D eigenvalue weighted by molar-refractivity contribution is 5.39. The van der Waals surface area contributed by atoms with Crippen molar-refractivity contribution in [2.24, 2.45) is 17.8 Å². The lowest BCUT2D eigenvalue weighted by molar-refractivity contribution is 0.354. The Hall–Kier alpha value is -0.980. The van der Waals surface area contributed by atoms with E-state index in [1.807, 2.05) is 12.1 Å². The van der Waals surface area contributed by atoms with Gasteiger partial charge in [0, 0.05) is 5.69 Å². The third-order valence-corrected chi connectivity index (χ3v) is 4.22. The first-order chi connectivity index (χ1) is 9.01. The summed E-state index contributed by atoms with van der Waals surface area (Å²) in [5.41, 5.74) is 7.99. The lowest BCUT2D eigenvalue weighted by atomic mass is 9.88. The molecule has 3 atom stereocenters. The summed E-state index contributed by atoms with van der Waals surface area (Å²) in [5.74, 6) is 2.51. The smallest absolute Gasteiger partial charge is 0.0314 e. The highest BCUT2D eigenvalue weighted by atomic mass is 14.5. The van der Waals surface area contributed by atoms with Gasteiger partial charge < -0.3 is 5.73 Å². The molecule has 0 saturated carbocycles. The van der Waals surface area contributed by atoms with Crippen LogP contribution in [-0.4, -0.2) is 0 Å². The molecule has 0 radical (unpaired) electrons. The van der Waals surface area contributed by atoms with Gasteiger partial charge in [-0.1, -0.05) is 59.1 Å². The molecule has 0 aliphatic rings. The molecule has 0 aliphatic heterocycles. The fourth-order valence-electron chi connectivity index (χ4n) is 2.70. The molecule has 3 unspecified atom stereocenters. The Morgan fingerprint density at radius 2 is 1.47 bits per heavy atom. The molecule has 0 aliphatic carbocycles. The molecule has 0 fully saturated rings. The predicted octanol–water partition coefficient (Wildman–Crippen LogP) is 5.30. The second-order valence-corrected chi connectivity index (χ2v) is 6.48. The fourth-order valence-corrected chi connectivity index (χ4v) is 2.70. The molecule has 19 heavy (non-hydrogen) atoms. The van der Waals surface area contributed by atoms with Gasteiger partial charge in [-0.25, -0.2) is 0 Å². The summed E-state index contributed by atoms with van der Waals surface area (Å²) in [5, 5.41) is 0. The maximum absolute atomic E-state index is 5.72. The number of benzene rings is 1. The minimum Gasteiger partial charge on any atom is -0.399 e. The van der Waals surface area contributed by atoms with Gasteiger partial charge in [0.05, 0.1) is 0 Å². The first-order valence-electron chi connectivity index (χ1n) is 7.85. The van der Waals surface area contributed by atoms with E-state index in [1.165, 1.54) is 37.7 Å². The Kier molecular flexibility index (Phi) is 6.97. The van der Waals surface area contributed by atoms with E-state index in [4.69, 9.17) is 5.73 Å². The molecule has 1 aromatic rings. The van der Waals surface area contributed by atoms with Crippen molar-refractivity contribution in [3.8, 4) is 0 Å². The third kappa shape index (κ3) is 6.66. The van der Waals surface area contributed by atoms with Gasteiger partial charge in [0.25, 0.3) is 0 Å². The van der Waals surface area contributed by atoms with Crippen molar-refractivity contribution in [2.75, 3.05) is 5.73 Å². The Bertz CT molecular complexity index is 341. The summed E-state index contributed by atoms with van der Waals surface area (Å²) in [6.45, 7) is 9.43. The Labute approximate surface area is 119 Å². The molecule has 1 aromatic carbocycles. The highest BCUT2D eigenvalue weighted by Gasteiger charge is 2.10. The molecule has 0 saturated heterocycles. The van der Waals surface area contributed by atoms with Crippen LogP contribution in [0.4, 0.5) is 5.69 Å². The van der Waals surface area contributed by atoms with Gasteiger partial charge in [-0.3, -0.25) is 0 Å². The zero-order valence-corrected chi connectivity index (χ0v) is 13.2. The van der Waals surface area contributed by atoms with E-state index in [-0.39, 0.29) is 0 Å². The maximum Gasteiger partial charge on any atom is 0.0314 e. The molecule has 1 rings (SSSR count). The monoisotopic (exact) mass is 261 g/mol. The van der Waals surface area contributed by atoms with Crippen molar-refractivity contribution in [3.63, 3.8) is 0 Å². The number of rotatable bonds is 8. The Balaban J connectivity index is 2.27. The van der Waals surface area contributed by atoms with E-state index in [9.17, 15) is 0 Å². The van der Waals surface area contributed by atoms with Crippen LogP contribution < -0.4 is 5.73 Å². The van der Waals surface area contributed by atoms with Gasteiger partial charge in [-0.05, 0) is 48.3 Å². The summed E-state index contributed by atoms with van der Waals surface area (Å²) < 4.78 is 0. The van der Waals surface area contributed by atoms with Gasteiger partial charge in [0.2, 0.25) is 0 Å². The van der Waals surface area contributed by atoms with Crippen LogP contribution in [0.1, 0.15) is 58.9 Å². The molecule has 108 valence electrons. The second kappa shape index (κ2) is 8.24. The van der Waals surface area contributed by atoms with Crippen LogP contribution in [0.3, 0.4) is 0 Å². The summed E-state index contributed by atoms with van der Waals surface area (Å²) in [4.78, 5) is 0. The normalized spacial score (nSPS) is 16.0. The van der Waals surface area contributed by atoms with Gasteiger partial charge in [0.1, 0.15) is 0 Å². The van der Waals surface area contributed by atoms with Gasteiger partial charge in [-0.2, -0.15) is 0 Å². The SMILES string of the molecule is CCC(C)CC(C)CCC(C)Cc1ccc(N)cc1. The maximum atomic E-state index is 5.72. The fraction of sp³-hybridized carbons (Fsp3) is 0.667. The average molecular weight is 261 g/mol.